The van der Waals surface area contributed by atoms with E-state index in [0.29, 0.717) is 6.04 Å². The van der Waals surface area contributed by atoms with E-state index in [0.717, 1.165) is 40.4 Å². The van der Waals surface area contributed by atoms with Gasteiger partial charge in [-0.1, -0.05) is 45.7 Å². The Balaban J connectivity index is 1.77. The summed E-state index contributed by atoms with van der Waals surface area (Å²) >= 11 is 9.72. The average molecular weight is 353 g/mol. The summed E-state index contributed by atoms with van der Waals surface area (Å²) in [5.41, 5.74) is 2.33. The molecule has 0 spiro atoms. The molecule has 1 unspecified atom stereocenters. The first-order valence-corrected chi connectivity index (χ1v) is 7.80. The third-order valence-corrected chi connectivity index (χ3v) is 4.37. The van der Waals surface area contributed by atoms with Gasteiger partial charge in [0.05, 0.1) is 6.61 Å². The van der Waals surface area contributed by atoms with Gasteiger partial charge in [-0.15, -0.1) is 0 Å². The van der Waals surface area contributed by atoms with E-state index >= 15 is 0 Å². The molecule has 0 bridgehead atoms. The third kappa shape index (κ3) is 3.00. The van der Waals surface area contributed by atoms with E-state index < -0.39 is 0 Å². The molecule has 0 aliphatic carbocycles. The summed E-state index contributed by atoms with van der Waals surface area (Å²) in [5, 5.41) is 4.38. The van der Waals surface area contributed by atoms with Crippen LogP contribution < -0.4 is 10.1 Å². The molecular weight excluding hydrogens is 338 g/mol. The fourth-order valence-electron chi connectivity index (χ4n) is 2.45. The number of benzene rings is 2. The normalized spacial score (nSPS) is 17.4. The van der Waals surface area contributed by atoms with Crippen molar-refractivity contribution < 1.29 is 4.74 Å². The van der Waals surface area contributed by atoms with Gasteiger partial charge in [-0.25, -0.2) is 0 Å². The fourth-order valence-corrected chi connectivity index (χ4v) is 3.03. The molecule has 4 heteroatoms. The predicted molar refractivity (Wildman–Crippen MR) is 85.3 cm³/mol. The van der Waals surface area contributed by atoms with E-state index in [-0.39, 0.29) is 0 Å². The molecule has 0 saturated carbocycles. The monoisotopic (exact) mass is 351 g/mol. The molecule has 20 heavy (non-hydrogen) atoms. The van der Waals surface area contributed by atoms with Gasteiger partial charge in [0.2, 0.25) is 0 Å². The van der Waals surface area contributed by atoms with Crippen LogP contribution in [0, 0.1) is 0 Å². The molecule has 1 heterocycles. The molecule has 1 aliphatic rings. The Bertz CT molecular complexity index is 617. The van der Waals surface area contributed by atoms with Gasteiger partial charge in [0.1, 0.15) is 5.75 Å². The third-order valence-electron chi connectivity index (χ3n) is 3.51. The highest BCUT2D eigenvalue weighted by atomic mass is 79.9. The van der Waals surface area contributed by atoms with Crippen LogP contribution in [0.15, 0.2) is 46.9 Å². The van der Waals surface area contributed by atoms with Crippen LogP contribution in [-0.4, -0.2) is 6.61 Å². The molecule has 2 nitrogen and oxygen atoms in total. The lowest BCUT2D eigenvalue weighted by molar-refractivity contribution is 0.252. The van der Waals surface area contributed by atoms with Crippen molar-refractivity contribution in [2.75, 3.05) is 6.61 Å². The van der Waals surface area contributed by atoms with Crippen molar-refractivity contribution in [3.8, 4) is 5.75 Å². The van der Waals surface area contributed by atoms with E-state index in [2.05, 4.69) is 33.4 Å². The molecular formula is C16H15BrClNO. The topological polar surface area (TPSA) is 21.3 Å². The van der Waals surface area contributed by atoms with E-state index in [4.69, 9.17) is 16.3 Å². The highest BCUT2D eigenvalue weighted by Crippen LogP contribution is 2.34. The molecule has 104 valence electrons. The second-order valence-electron chi connectivity index (χ2n) is 4.84. The Kier molecular flexibility index (Phi) is 4.29. The summed E-state index contributed by atoms with van der Waals surface area (Å²) in [6, 6.07) is 14.4. The lowest BCUT2D eigenvalue weighted by atomic mass is 10.0. The molecule has 3 rings (SSSR count). The Morgan fingerprint density at radius 2 is 2.10 bits per heavy atom. The number of rotatable bonds is 3. The van der Waals surface area contributed by atoms with Crippen molar-refractivity contribution >= 4 is 27.5 Å². The highest BCUT2D eigenvalue weighted by molar-refractivity contribution is 9.10. The lowest BCUT2D eigenvalue weighted by Crippen LogP contribution is -2.26. The minimum atomic E-state index is 0.299. The maximum absolute atomic E-state index is 6.20. The summed E-state index contributed by atoms with van der Waals surface area (Å²) in [6.45, 7) is 1.51. The summed E-state index contributed by atoms with van der Waals surface area (Å²) in [7, 11) is 0. The smallest absolute Gasteiger partial charge is 0.124 e. The zero-order chi connectivity index (χ0) is 13.9. The van der Waals surface area contributed by atoms with Gasteiger partial charge in [-0.2, -0.15) is 0 Å². The molecule has 2 aromatic carbocycles. The van der Waals surface area contributed by atoms with Crippen LogP contribution >= 0.6 is 27.5 Å². The van der Waals surface area contributed by atoms with E-state index in [1.54, 1.807) is 0 Å². The zero-order valence-electron chi connectivity index (χ0n) is 10.9. The second kappa shape index (κ2) is 6.17. The van der Waals surface area contributed by atoms with Crippen molar-refractivity contribution in [3.63, 3.8) is 0 Å². The van der Waals surface area contributed by atoms with Crippen LogP contribution in [-0.2, 0) is 6.54 Å². The molecule has 1 N–H and O–H groups in total. The SMILES string of the molecule is Clc1ccccc1CNC1CCOc2ccc(Br)cc21. The summed E-state index contributed by atoms with van der Waals surface area (Å²) < 4.78 is 6.77. The summed E-state index contributed by atoms with van der Waals surface area (Å²) in [5.74, 6) is 0.969. The Morgan fingerprint density at radius 1 is 1.25 bits per heavy atom. The molecule has 0 aromatic heterocycles. The van der Waals surface area contributed by atoms with Crippen LogP contribution in [0.4, 0.5) is 0 Å². The summed E-state index contributed by atoms with van der Waals surface area (Å²) in [6.07, 6.45) is 0.966. The van der Waals surface area contributed by atoms with Crippen LogP contribution in [0.3, 0.4) is 0 Å². The van der Waals surface area contributed by atoms with Gasteiger partial charge in [0.15, 0.2) is 0 Å². The van der Waals surface area contributed by atoms with Crippen molar-refractivity contribution in [2.24, 2.45) is 0 Å². The van der Waals surface area contributed by atoms with Gasteiger partial charge in [0.25, 0.3) is 0 Å². The minimum absolute atomic E-state index is 0.299. The van der Waals surface area contributed by atoms with Crippen molar-refractivity contribution in [1.82, 2.24) is 5.32 Å². The first-order chi connectivity index (χ1) is 9.74. The molecule has 0 saturated heterocycles. The Labute approximate surface area is 132 Å². The minimum Gasteiger partial charge on any atom is -0.493 e. The number of nitrogens with one attached hydrogen (secondary N) is 1. The second-order valence-corrected chi connectivity index (χ2v) is 6.17. The number of hydrogen-bond acceptors (Lipinski definition) is 2. The largest absolute Gasteiger partial charge is 0.493 e. The van der Waals surface area contributed by atoms with Crippen molar-refractivity contribution in [2.45, 2.75) is 19.0 Å². The quantitative estimate of drug-likeness (QED) is 0.863. The highest BCUT2D eigenvalue weighted by Gasteiger charge is 2.21. The van der Waals surface area contributed by atoms with Gasteiger partial charge in [-0.3, -0.25) is 0 Å². The van der Waals surface area contributed by atoms with Gasteiger partial charge < -0.3 is 10.1 Å². The van der Waals surface area contributed by atoms with Crippen LogP contribution in [0.5, 0.6) is 5.75 Å². The lowest BCUT2D eigenvalue weighted by Gasteiger charge is -2.27. The van der Waals surface area contributed by atoms with E-state index in [9.17, 15) is 0 Å². The first kappa shape index (κ1) is 13.9. The first-order valence-electron chi connectivity index (χ1n) is 6.63. The average Bonchev–Trinajstić information content (AvgIpc) is 2.46. The molecule has 0 amide bonds. The van der Waals surface area contributed by atoms with Crippen molar-refractivity contribution in [1.29, 1.82) is 0 Å². The van der Waals surface area contributed by atoms with E-state index in [1.165, 1.54) is 5.56 Å². The van der Waals surface area contributed by atoms with Crippen molar-refractivity contribution in [3.05, 3.63) is 63.1 Å². The van der Waals surface area contributed by atoms with Gasteiger partial charge >= 0.3 is 0 Å². The Hall–Kier alpha value is -1.03. The Morgan fingerprint density at radius 3 is 2.95 bits per heavy atom. The number of hydrogen-bond donors (Lipinski definition) is 1. The standard InChI is InChI=1S/C16H15BrClNO/c17-12-5-6-16-13(9-12)15(7-8-20-16)19-10-11-3-1-2-4-14(11)18/h1-6,9,15,19H,7-8,10H2. The number of fused-ring (bicyclic) bond motifs is 1. The maximum Gasteiger partial charge on any atom is 0.124 e. The van der Waals surface area contributed by atoms with Crippen LogP contribution in [0.25, 0.3) is 0 Å². The molecule has 0 fully saturated rings. The van der Waals surface area contributed by atoms with E-state index in [1.807, 2.05) is 30.3 Å². The van der Waals surface area contributed by atoms with Crippen LogP contribution in [0.1, 0.15) is 23.6 Å². The molecule has 1 atom stereocenters. The maximum atomic E-state index is 6.20. The fraction of sp³-hybridized carbons (Fsp3) is 0.250. The van der Waals surface area contributed by atoms with Gasteiger partial charge in [0, 0.05) is 34.1 Å². The number of halogens is 2. The number of ether oxygens (including phenoxy) is 1. The molecule has 2 aromatic rings. The molecule has 1 aliphatic heterocycles. The summed E-state index contributed by atoms with van der Waals surface area (Å²) in [4.78, 5) is 0. The zero-order valence-corrected chi connectivity index (χ0v) is 13.2. The van der Waals surface area contributed by atoms with Crippen LogP contribution in [0.2, 0.25) is 5.02 Å². The molecule has 0 radical (unpaired) electrons. The van der Waals surface area contributed by atoms with Gasteiger partial charge in [-0.05, 0) is 29.8 Å². The predicted octanol–water partition coefficient (Wildman–Crippen LogP) is 4.72.